The third kappa shape index (κ3) is 6.99. The SMILES string of the molecule is COC(=O)[C@@H]1Cc2nc([C@H]3CC3CCOC(=O)[C@@H]3Cc4nc[nH]c4CN3C(=O)OC(C)(C)C)[nH]c2CN1C(=O)OC(C)(C)C. The molecule has 0 bridgehead atoms. The molecule has 14 heteroatoms. The lowest BCUT2D eigenvalue weighted by molar-refractivity contribution is -0.151. The van der Waals surface area contributed by atoms with Gasteiger partial charge < -0.3 is 28.9 Å². The second-order valence-corrected chi connectivity index (χ2v) is 13.6. The number of amides is 2. The number of hydrogen-bond donors (Lipinski definition) is 2. The Hall–Kier alpha value is -4.10. The molecule has 1 fully saturated rings. The van der Waals surface area contributed by atoms with Crippen LogP contribution in [0.3, 0.4) is 0 Å². The van der Waals surface area contributed by atoms with Gasteiger partial charge in [0.05, 0.1) is 55.9 Å². The Labute approximate surface area is 256 Å². The minimum Gasteiger partial charge on any atom is -0.467 e. The lowest BCUT2D eigenvalue weighted by Crippen LogP contribution is -2.51. The number of carbonyl (C=O) groups is 4. The first-order chi connectivity index (χ1) is 20.6. The average molecular weight is 615 g/mol. The van der Waals surface area contributed by atoms with Crippen molar-refractivity contribution in [1.82, 2.24) is 29.7 Å². The van der Waals surface area contributed by atoms with Crippen LogP contribution in [-0.4, -0.2) is 90.9 Å². The van der Waals surface area contributed by atoms with Crippen molar-refractivity contribution >= 4 is 24.1 Å². The number of hydrogen-bond acceptors (Lipinski definition) is 10. The average Bonchev–Trinajstić information content (AvgIpc) is 3.34. The van der Waals surface area contributed by atoms with Crippen LogP contribution in [0.4, 0.5) is 9.59 Å². The summed E-state index contributed by atoms with van der Waals surface area (Å²) in [5, 5.41) is 0. The quantitative estimate of drug-likeness (QED) is 0.363. The smallest absolute Gasteiger partial charge is 0.411 e. The van der Waals surface area contributed by atoms with Crippen LogP contribution >= 0.6 is 0 Å². The van der Waals surface area contributed by atoms with E-state index in [4.69, 9.17) is 23.9 Å². The molecule has 1 unspecified atom stereocenters. The first-order valence-corrected chi connectivity index (χ1v) is 15.0. The second-order valence-electron chi connectivity index (χ2n) is 13.6. The van der Waals surface area contributed by atoms with Crippen LogP contribution in [0.25, 0.3) is 0 Å². The van der Waals surface area contributed by atoms with E-state index in [0.29, 0.717) is 6.42 Å². The third-order valence-electron chi connectivity index (χ3n) is 7.88. The molecule has 0 saturated heterocycles. The Morgan fingerprint density at radius 3 is 2.09 bits per heavy atom. The molecule has 2 aromatic heterocycles. The number of aromatic nitrogens is 4. The number of aromatic amines is 2. The zero-order valence-corrected chi connectivity index (χ0v) is 26.4. The molecule has 3 aliphatic rings. The van der Waals surface area contributed by atoms with Gasteiger partial charge in [-0.25, -0.2) is 29.1 Å². The van der Waals surface area contributed by atoms with Crippen molar-refractivity contribution in [1.29, 1.82) is 0 Å². The van der Waals surface area contributed by atoms with Gasteiger partial charge in [-0.1, -0.05) is 0 Å². The summed E-state index contributed by atoms with van der Waals surface area (Å²) in [5.74, 6) is 0.163. The van der Waals surface area contributed by atoms with Gasteiger partial charge in [0.1, 0.15) is 29.1 Å². The van der Waals surface area contributed by atoms with Crippen LogP contribution in [0, 0.1) is 5.92 Å². The number of esters is 2. The minimum absolute atomic E-state index is 0.144. The van der Waals surface area contributed by atoms with Crippen molar-refractivity contribution in [2.75, 3.05) is 13.7 Å². The van der Waals surface area contributed by atoms with E-state index in [1.54, 1.807) is 47.9 Å². The highest BCUT2D eigenvalue weighted by atomic mass is 16.6. The van der Waals surface area contributed by atoms with Crippen molar-refractivity contribution < 1.29 is 38.1 Å². The monoisotopic (exact) mass is 614 g/mol. The number of methoxy groups -OCH3 is 1. The predicted molar refractivity (Wildman–Crippen MR) is 154 cm³/mol. The van der Waals surface area contributed by atoms with E-state index in [0.717, 1.165) is 35.0 Å². The zero-order chi connectivity index (χ0) is 32.0. The first kappa shape index (κ1) is 31.3. The summed E-state index contributed by atoms with van der Waals surface area (Å²) in [5.41, 5.74) is 1.57. The molecular formula is C30H42N6O8. The van der Waals surface area contributed by atoms with Crippen LogP contribution < -0.4 is 0 Å². The van der Waals surface area contributed by atoms with E-state index in [1.165, 1.54) is 16.9 Å². The summed E-state index contributed by atoms with van der Waals surface area (Å²) in [6.07, 6.45) is 2.34. The summed E-state index contributed by atoms with van der Waals surface area (Å²) in [4.78, 5) is 69.7. The highest BCUT2D eigenvalue weighted by Gasteiger charge is 2.44. The number of ether oxygens (including phenoxy) is 4. The minimum atomic E-state index is -0.830. The molecule has 0 spiro atoms. The second kappa shape index (κ2) is 11.8. The van der Waals surface area contributed by atoms with Gasteiger partial charge in [-0.15, -0.1) is 0 Å². The van der Waals surface area contributed by atoms with Gasteiger partial charge in [0.15, 0.2) is 0 Å². The molecular weight excluding hydrogens is 572 g/mol. The molecule has 0 aromatic carbocycles. The molecule has 2 amide bonds. The van der Waals surface area contributed by atoms with E-state index in [1.807, 2.05) is 0 Å². The Morgan fingerprint density at radius 2 is 1.48 bits per heavy atom. The van der Waals surface area contributed by atoms with Gasteiger partial charge in [0.2, 0.25) is 0 Å². The van der Waals surface area contributed by atoms with E-state index in [9.17, 15) is 19.2 Å². The van der Waals surface area contributed by atoms with Crippen molar-refractivity contribution in [3.63, 3.8) is 0 Å². The van der Waals surface area contributed by atoms with Crippen molar-refractivity contribution in [3.8, 4) is 0 Å². The lowest BCUT2D eigenvalue weighted by Gasteiger charge is -2.34. The Kier molecular flexibility index (Phi) is 8.38. The Bertz CT molecular complexity index is 1420. The summed E-state index contributed by atoms with van der Waals surface area (Å²) in [6, 6.07) is -1.66. The fraction of sp³-hybridized carbons (Fsp3) is 0.667. The van der Waals surface area contributed by atoms with Crippen LogP contribution in [-0.2, 0) is 54.5 Å². The molecule has 2 aromatic rings. The molecule has 44 heavy (non-hydrogen) atoms. The number of fused-ring (bicyclic) bond motifs is 2. The maximum absolute atomic E-state index is 13.2. The van der Waals surface area contributed by atoms with Gasteiger partial charge in [0, 0.05) is 18.8 Å². The molecule has 4 heterocycles. The highest BCUT2D eigenvalue weighted by molar-refractivity contribution is 5.83. The number of H-pyrrole nitrogens is 2. The fourth-order valence-electron chi connectivity index (χ4n) is 5.64. The number of imidazole rings is 2. The van der Waals surface area contributed by atoms with Gasteiger partial charge >= 0.3 is 24.1 Å². The van der Waals surface area contributed by atoms with Crippen LogP contribution in [0.2, 0.25) is 0 Å². The van der Waals surface area contributed by atoms with E-state index in [-0.39, 0.29) is 44.4 Å². The van der Waals surface area contributed by atoms with E-state index >= 15 is 0 Å². The van der Waals surface area contributed by atoms with Crippen molar-refractivity contribution in [2.45, 2.75) is 110 Å². The molecule has 2 N–H and O–H groups in total. The molecule has 1 aliphatic carbocycles. The number of nitrogens with one attached hydrogen (secondary N) is 2. The lowest BCUT2D eigenvalue weighted by atomic mass is 10.0. The normalized spacial score (nSPS) is 22.9. The van der Waals surface area contributed by atoms with Crippen LogP contribution in [0.1, 0.15) is 88.9 Å². The third-order valence-corrected chi connectivity index (χ3v) is 7.88. The number of carbonyl (C=O) groups excluding carboxylic acids is 4. The van der Waals surface area contributed by atoms with Crippen LogP contribution in [0.15, 0.2) is 6.33 Å². The number of nitrogens with zero attached hydrogens (tertiary/aromatic N) is 4. The summed E-state index contributed by atoms with van der Waals surface area (Å²) in [6.45, 7) is 11.2. The molecule has 0 radical (unpaired) electrons. The molecule has 4 atom stereocenters. The molecule has 1 saturated carbocycles. The number of rotatable bonds is 6. The standard InChI is InChI=1S/C30H42N6O8/c1-29(2,3)43-27(39)35-13-20-18(31-15-32-20)11-23(35)26(38)42-9-8-16-10-17(16)24-33-19-12-22(25(37)41-7)36(14-21(19)34-24)28(40)44-30(4,5)6/h15-17,22-23H,8-14H2,1-7H3,(H,31,32)(H,33,34)/t16?,17-,22-,23-/m0/s1. The largest absolute Gasteiger partial charge is 0.467 e. The maximum Gasteiger partial charge on any atom is 0.411 e. The van der Waals surface area contributed by atoms with Crippen LogP contribution in [0.5, 0.6) is 0 Å². The summed E-state index contributed by atoms with van der Waals surface area (Å²) < 4.78 is 21.7. The first-order valence-electron chi connectivity index (χ1n) is 15.0. The molecule has 2 aliphatic heterocycles. The van der Waals surface area contributed by atoms with Gasteiger partial charge in [-0.05, 0) is 60.3 Å². The van der Waals surface area contributed by atoms with Gasteiger partial charge in [0.25, 0.3) is 0 Å². The van der Waals surface area contributed by atoms with Gasteiger partial charge in [-0.3, -0.25) is 9.80 Å². The topological polar surface area (TPSA) is 169 Å². The fourth-order valence-corrected chi connectivity index (χ4v) is 5.64. The zero-order valence-electron chi connectivity index (χ0n) is 26.4. The van der Waals surface area contributed by atoms with Crippen molar-refractivity contribution in [3.05, 3.63) is 34.9 Å². The van der Waals surface area contributed by atoms with E-state index in [2.05, 4.69) is 15.0 Å². The summed E-state index contributed by atoms with van der Waals surface area (Å²) >= 11 is 0. The molecule has 5 rings (SSSR count). The maximum atomic E-state index is 13.2. The van der Waals surface area contributed by atoms with Gasteiger partial charge in [-0.2, -0.15) is 0 Å². The predicted octanol–water partition coefficient (Wildman–Crippen LogP) is 3.37. The Morgan fingerprint density at radius 1 is 0.886 bits per heavy atom. The Balaban J connectivity index is 1.18. The van der Waals surface area contributed by atoms with Crippen molar-refractivity contribution in [2.24, 2.45) is 5.92 Å². The molecule has 240 valence electrons. The van der Waals surface area contributed by atoms with E-state index < -0.39 is 47.4 Å². The highest BCUT2D eigenvalue weighted by Crippen LogP contribution is 2.49. The molecule has 14 nitrogen and oxygen atoms in total. The summed E-state index contributed by atoms with van der Waals surface area (Å²) in [7, 11) is 1.29.